The topological polar surface area (TPSA) is 92.1 Å². The van der Waals surface area contributed by atoms with Crippen LogP contribution in [-0.2, 0) is 4.79 Å². The van der Waals surface area contributed by atoms with E-state index in [2.05, 4.69) is 16.9 Å². The van der Waals surface area contributed by atoms with E-state index in [4.69, 9.17) is 5.73 Å². The van der Waals surface area contributed by atoms with Crippen molar-refractivity contribution in [2.75, 3.05) is 13.1 Å². The predicted octanol–water partition coefficient (Wildman–Crippen LogP) is 3.91. The smallest absolute Gasteiger partial charge is 0.258 e. The van der Waals surface area contributed by atoms with Crippen molar-refractivity contribution >= 4 is 16.8 Å². The van der Waals surface area contributed by atoms with Gasteiger partial charge in [0.1, 0.15) is 5.82 Å². The molecule has 0 bridgehead atoms. The summed E-state index contributed by atoms with van der Waals surface area (Å²) in [5, 5.41) is 0.570. The van der Waals surface area contributed by atoms with Crippen molar-refractivity contribution in [1.29, 1.82) is 0 Å². The highest BCUT2D eigenvalue weighted by molar-refractivity contribution is 5.78. The van der Waals surface area contributed by atoms with Crippen LogP contribution in [0.5, 0.6) is 0 Å². The van der Waals surface area contributed by atoms with Crippen molar-refractivity contribution in [3.63, 3.8) is 0 Å². The summed E-state index contributed by atoms with van der Waals surface area (Å²) >= 11 is 0. The zero-order valence-corrected chi connectivity index (χ0v) is 17.2. The first kappa shape index (κ1) is 22.1. The van der Waals surface area contributed by atoms with Gasteiger partial charge in [-0.1, -0.05) is 44.7 Å². The number of benzene rings is 1. The molecule has 0 fully saturated rings. The van der Waals surface area contributed by atoms with E-state index in [1.165, 1.54) is 0 Å². The van der Waals surface area contributed by atoms with E-state index in [-0.39, 0.29) is 17.5 Å². The minimum absolute atomic E-state index is 0.135. The molecule has 0 aliphatic rings. The first-order chi connectivity index (χ1) is 13.6. The van der Waals surface area contributed by atoms with Gasteiger partial charge in [0.25, 0.3) is 5.56 Å². The summed E-state index contributed by atoms with van der Waals surface area (Å²) in [7, 11) is 0. The Morgan fingerprint density at radius 1 is 1.14 bits per heavy atom. The average Bonchev–Trinajstić information content (AvgIpc) is 2.70. The standard InChI is InChI=1S/C22H34N4O2/c1-3-4-7-14-20(27)26(16-11-6-5-10-15-23)17(2)21-24-19-13-9-8-12-18(19)22(28)25-21/h8-9,12-13,17H,3-7,10-11,14-16,23H2,1-2H3,(H,24,25,28). The van der Waals surface area contributed by atoms with Crippen LogP contribution in [0.25, 0.3) is 10.9 Å². The lowest BCUT2D eigenvalue weighted by atomic mass is 10.1. The Morgan fingerprint density at radius 3 is 2.64 bits per heavy atom. The Hall–Kier alpha value is -2.21. The van der Waals surface area contributed by atoms with E-state index in [1.807, 2.05) is 30.0 Å². The van der Waals surface area contributed by atoms with E-state index < -0.39 is 0 Å². The summed E-state index contributed by atoms with van der Waals surface area (Å²) < 4.78 is 0. The molecule has 2 aromatic rings. The van der Waals surface area contributed by atoms with Gasteiger partial charge in [0.2, 0.25) is 5.91 Å². The lowest BCUT2D eigenvalue weighted by Gasteiger charge is -2.29. The summed E-state index contributed by atoms with van der Waals surface area (Å²) in [6, 6.07) is 7.03. The fourth-order valence-electron chi connectivity index (χ4n) is 3.43. The SMILES string of the molecule is CCCCCC(=O)N(CCCCCCN)C(C)c1nc2ccccc2c(=O)[nH]1. The van der Waals surface area contributed by atoms with Gasteiger partial charge in [-0.25, -0.2) is 4.98 Å². The number of rotatable bonds is 12. The number of fused-ring (bicyclic) bond motifs is 1. The monoisotopic (exact) mass is 386 g/mol. The van der Waals surface area contributed by atoms with E-state index >= 15 is 0 Å². The minimum Gasteiger partial charge on any atom is -0.333 e. The molecular weight excluding hydrogens is 352 g/mol. The Morgan fingerprint density at radius 2 is 1.89 bits per heavy atom. The van der Waals surface area contributed by atoms with Crippen LogP contribution in [0.15, 0.2) is 29.1 Å². The van der Waals surface area contributed by atoms with Crippen LogP contribution >= 0.6 is 0 Å². The van der Waals surface area contributed by atoms with Gasteiger partial charge in [-0.3, -0.25) is 9.59 Å². The van der Waals surface area contributed by atoms with Crippen LogP contribution in [0, 0.1) is 0 Å². The number of nitrogens with zero attached hydrogens (tertiary/aromatic N) is 2. The number of carbonyl (C=O) groups excluding carboxylic acids is 1. The number of aromatic amines is 1. The zero-order valence-electron chi connectivity index (χ0n) is 17.2. The Kier molecular flexibility index (Phi) is 9.14. The van der Waals surface area contributed by atoms with Gasteiger partial charge >= 0.3 is 0 Å². The third kappa shape index (κ3) is 6.16. The molecule has 2 rings (SSSR count). The van der Waals surface area contributed by atoms with Crippen molar-refractivity contribution < 1.29 is 4.79 Å². The summed E-state index contributed by atoms with van der Waals surface area (Å²) in [5.74, 6) is 0.685. The van der Waals surface area contributed by atoms with Gasteiger partial charge in [0.15, 0.2) is 0 Å². The van der Waals surface area contributed by atoms with Gasteiger partial charge in [0, 0.05) is 13.0 Å². The molecular formula is C22H34N4O2. The Labute approximate surface area is 167 Å². The maximum absolute atomic E-state index is 12.9. The lowest BCUT2D eigenvalue weighted by molar-refractivity contribution is -0.133. The number of aromatic nitrogens is 2. The van der Waals surface area contributed by atoms with Gasteiger partial charge in [-0.05, 0) is 44.9 Å². The highest BCUT2D eigenvalue weighted by Crippen LogP contribution is 2.20. The molecule has 28 heavy (non-hydrogen) atoms. The lowest BCUT2D eigenvalue weighted by Crippen LogP contribution is -2.36. The van der Waals surface area contributed by atoms with Crippen molar-refractivity contribution in [2.45, 2.75) is 71.3 Å². The first-order valence-corrected chi connectivity index (χ1v) is 10.6. The molecule has 0 aliphatic carbocycles. The summed E-state index contributed by atoms with van der Waals surface area (Å²) in [6.07, 6.45) is 7.64. The van der Waals surface area contributed by atoms with Crippen LogP contribution in [0.1, 0.15) is 77.1 Å². The molecule has 154 valence electrons. The van der Waals surface area contributed by atoms with Crippen molar-refractivity contribution in [3.8, 4) is 0 Å². The predicted molar refractivity (Wildman–Crippen MR) is 114 cm³/mol. The van der Waals surface area contributed by atoms with Crippen LogP contribution in [0.4, 0.5) is 0 Å². The Bertz CT molecular complexity index is 802. The molecule has 1 unspecified atom stereocenters. The molecule has 1 heterocycles. The summed E-state index contributed by atoms with van der Waals surface area (Å²) in [6.45, 7) is 5.46. The molecule has 1 aromatic heterocycles. The number of hydrogen-bond acceptors (Lipinski definition) is 4. The maximum Gasteiger partial charge on any atom is 0.258 e. The Balaban J connectivity index is 2.17. The molecule has 0 spiro atoms. The molecule has 6 nitrogen and oxygen atoms in total. The van der Waals surface area contributed by atoms with Gasteiger partial charge in [-0.15, -0.1) is 0 Å². The number of unbranched alkanes of at least 4 members (excludes halogenated alkanes) is 5. The van der Waals surface area contributed by atoms with E-state index in [0.29, 0.717) is 36.2 Å². The highest BCUT2D eigenvalue weighted by Gasteiger charge is 2.23. The van der Waals surface area contributed by atoms with E-state index in [0.717, 1.165) is 44.9 Å². The molecule has 1 amide bonds. The van der Waals surface area contributed by atoms with Gasteiger partial charge in [-0.2, -0.15) is 0 Å². The average molecular weight is 387 g/mol. The number of para-hydroxylation sites is 1. The van der Waals surface area contributed by atoms with Crippen LogP contribution in [-0.4, -0.2) is 33.9 Å². The van der Waals surface area contributed by atoms with Gasteiger partial charge in [0.05, 0.1) is 16.9 Å². The largest absolute Gasteiger partial charge is 0.333 e. The zero-order chi connectivity index (χ0) is 20.4. The minimum atomic E-state index is -0.263. The quantitative estimate of drug-likeness (QED) is 0.541. The van der Waals surface area contributed by atoms with Gasteiger partial charge < -0.3 is 15.6 Å². The number of H-pyrrole nitrogens is 1. The fourth-order valence-corrected chi connectivity index (χ4v) is 3.43. The summed E-state index contributed by atoms with van der Waals surface area (Å²) in [5.41, 5.74) is 6.07. The molecule has 1 aromatic carbocycles. The van der Waals surface area contributed by atoms with Crippen molar-refractivity contribution in [2.24, 2.45) is 5.73 Å². The molecule has 3 N–H and O–H groups in total. The molecule has 1 atom stereocenters. The second-order valence-electron chi connectivity index (χ2n) is 7.39. The van der Waals surface area contributed by atoms with Crippen molar-refractivity contribution in [1.82, 2.24) is 14.9 Å². The second kappa shape index (κ2) is 11.6. The molecule has 0 aliphatic heterocycles. The third-order valence-corrected chi connectivity index (χ3v) is 5.16. The number of nitrogens with one attached hydrogen (secondary N) is 1. The first-order valence-electron chi connectivity index (χ1n) is 10.6. The second-order valence-corrected chi connectivity index (χ2v) is 7.39. The number of amides is 1. The van der Waals surface area contributed by atoms with Crippen LogP contribution < -0.4 is 11.3 Å². The van der Waals surface area contributed by atoms with E-state index in [9.17, 15) is 9.59 Å². The van der Waals surface area contributed by atoms with Crippen molar-refractivity contribution in [3.05, 3.63) is 40.4 Å². The van der Waals surface area contributed by atoms with Crippen LogP contribution in [0.3, 0.4) is 0 Å². The molecule has 6 heteroatoms. The fraction of sp³-hybridized carbons (Fsp3) is 0.591. The number of carbonyl (C=O) groups is 1. The van der Waals surface area contributed by atoms with E-state index in [1.54, 1.807) is 6.07 Å². The number of hydrogen-bond donors (Lipinski definition) is 2. The maximum atomic E-state index is 12.9. The van der Waals surface area contributed by atoms with Crippen LogP contribution in [0.2, 0.25) is 0 Å². The summed E-state index contributed by atoms with van der Waals surface area (Å²) in [4.78, 5) is 34.7. The number of nitrogens with two attached hydrogens (primary N) is 1. The molecule has 0 radical (unpaired) electrons. The molecule has 0 saturated heterocycles. The third-order valence-electron chi connectivity index (χ3n) is 5.16. The molecule has 0 saturated carbocycles. The normalized spacial score (nSPS) is 12.2. The highest BCUT2D eigenvalue weighted by atomic mass is 16.2.